The summed E-state index contributed by atoms with van der Waals surface area (Å²) in [6.45, 7) is 1.65. The minimum Gasteiger partial charge on any atom is -0.328 e. The van der Waals surface area contributed by atoms with Gasteiger partial charge in [-0.05, 0) is 36.1 Å². The van der Waals surface area contributed by atoms with Gasteiger partial charge in [-0.3, -0.25) is 4.99 Å². The summed E-state index contributed by atoms with van der Waals surface area (Å²) in [5.74, 6) is 0.876. The molecule has 0 amide bonds. The Hall–Kier alpha value is -1.68. The third-order valence-corrected chi connectivity index (χ3v) is 4.16. The van der Waals surface area contributed by atoms with Crippen LogP contribution in [0.5, 0.6) is 0 Å². The van der Waals surface area contributed by atoms with E-state index in [9.17, 15) is 4.39 Å². The molecule has 0 bridgehead atoms. The topological polar surface area (TPSA) is 15.6 Å². The average molecular weight is 274 g/mol. The highest BCUT2D eigenvalue weighted by atomic mass is 32.1. The maximum Gasteiger partial charge on any atom is 0.125 e. The number of thiophene rings is 1. The number of benzene rings is 1. The molecule has 0 spiro atoms. The fourth-order valence-electron chi connectivity index (χ4n) is 2.32. The van der Waals surface area contributed by atoms with E-state index in [0.29, 0.717) is 0 Å². The molecule has 3 rings (SSSR count). The van der Waals surface area contributed by atoms with Crippen molar-refractivity contribution in [2.75, 3.05) is 18.0 Å². The standard InChI is InChI=1S/C15H15FN2S/c16-12-3-1-4-13(11-12)18-9-8-17-15(18)7-6-14-5-2-10-19-14/h1-5,10-11H,6-9H2. The van der Waals surface area contributed by atoms with Crippen molar-refractivity contribution in [1.29, 1.82) is 0 Å². The Balaban J connectivity index is 1.71. The highest BCUT2D eigenvalue weighted by Gasteiger charge is 2.18. The number of aryl methyl sites for hydroxylation is 1. The van der Waals surface area contributed by atoms with Crippen LogP contribution in [0.1, 0.15) is 11.3 Å². The predicted molar refractivity (Wildman–Crippen MR) is 78.7 cm³/mol. The van der Waals surface area contributed by atoms with Crippen molar-refractivity contribution in [2.24, 2.45) is 4.99 Å². The van der Waals surface area contributed by atoms with Crippen molar-refractivity contribution >= 4 is 22.9 Å². The second-order valence-corrected chi connectivity index (χ2v) is 5.54. The first-order valence-corrected chi connectivity index (χ1v) is 7.30. The Kier molecular flexibility index (Phi) is 3.60. The maximum atomic E-state index is 13.3. The van der Waals surface area contributed by atoms with Crippen molar-refractivity contribution < 1.29 is 4.39 Å². The molecule has 2 nitrogen and oxygen atoms in total. The molecule has 0 fully saturated rings. The highest BCUT2D eigenvalue weighted by Crippen LogP contribution is 2.21. The van der Waals surface area contributed by atoms with E-state index in [-0.39, 0.29) is 5.82 Å². The lowest BCUT2D eigenvalue weighted by molar-refractivity contribution is 0.628. The largest absolute Gasteiger partial charge is 0.328 e. The highest BCUT2D eigenvalue weighted by molar-refractivity contribution is 7.09. The fraction of sp³-hybridized carbons (Fsp3) is 0.267. The second kappa shape index (κ2) is 5.53. The maximum absolute atomic E-state index is 13.3. The van der Waals surface area contributed by atoms with Crippen LogP contribution in [-0.4, -0.2) is 18.9 Å². The van der Waals surface area contributed by atoms with E-state index in [2.05, 4.69) is 27.4 Å². The minimum absolute atomic E-state index is 0.193. The van der Waals surface area contributed by atoms with E-state index < -0.39 is 0 Å². The van der Waals surface area contributed by atoms with Crippen molar-refractivity contribution in [3.8, 4) is 0 Å². The summed E-state index contributed by atoms with van der Waals surface area (Å²) in [6.07, 6.45) is 1.92. The van der Waals surface area contributed by atoms with Crippen LogP contribution in [0.25, 0.3) is 0 Å². The Morgan fingerprint density at radius 2 is 2.16 bits per heavy atom. The Bertz CT molecular complexity index is 578. The number of rotatable bonds is 4. The summed E-state index contributed by atoms with van der Waals surface area (Å²) in [5, 5.41) is 2.09. The molecule has 0 unspecified atom stereocenters. The minimum atomic E-state index is -0.193. The zero-order chi connectivity index (χ0) is 13.1. The van der Waals surface area contributed by atoms with Gasteiger partial charge in [-0.2, -0.15) is 0 Å². The summed E-state index contributed by atoms with van der Waals surface area (Å²) in [4.78, 5) is 8.04. The van der Waals surface area contributed by atoms with Crippen LogP contribution in [0, 0.1) is 5.82 Å². The van der Waals surface area contributed by atoms with Crippen LogP contribution in [0.15, 0.2) is 46.8 Å². The summed E-state index contributed by atoms with van der Waals surface area (Å²) in [7, 11) is 0. The van der Waals surface area contributed by atoms with Gasteiger partial charge in [0.15, 0.2) is 0 Å². The molecule has 19 heavy (non-hydrogen) atoms. The third kappa shape index (κ3) is 2.84. The van der Waals surface area contributed by atoms with Gasteiger partial charge < -0.3 is 4.90 Å². The van der Waals surface area contributed by atoms with Gasteiger partial charge in [0.25, 0.3) is 0 Å². The zero-order valence-electron chi connectivity index (χ0n) is 10.6. The zero-order valence-corrected chi connectivity index (χ0v) is 11.4. The van der Waals surface area contributed by atoms with Gasteiger partial charge >= 0.3 is 0 Å². The molecule has 0 N–H and O–H groups in total. The van der Waals surface area contributed by atoms with E-state index in [4.69, 9.17) is 0 Å². The molecule has 2 aromatic rings. The van der Waals surface area contributed by atoms with E-state index in [1.807, 2.05) is 6.07 Å². The fourth-order valence-corrected chi connectivity index (χ4v) is 3.03. The smallest absolute Gasteiger partial charge is 0.125 e. The summed E-state index contributed by atoms with van der Waals surface area (Å²) >= 11 is 1.77. The predicted octanol–water partition coefficient (Wildman–Crippen LogP) is 3.74. The molecule has 0 atom stereocenters. The normalized spacial score (nSPS) is 14.8. The van der Waals surface area contributed by atoms with E-state index in [0.717, 1.165) is 37.5 Å². The van der Waals surface area contributed by atoms with Gasteiger partial charge in [0.2, 0.25) is 0 Å². The first kappa shape index (κ1) is 12.4. The number of amidine groups is 1. The molecule has 1 aromatic heterocycles. The van der Waals surface area contributed by atoms with Crippen LogP contribution < -0.4 is 4.90 Å². The molecular formula is C15H15FN2S. The number of hydrogen-bond acceptors (Lipinski definition) is 3. The molecule has 1 aliphatic heterocycles. The number of nitrogens with zero attached hydrogens (tertiary/aromatic N) is 2. The van der Waals surface area contributed by atoms with Crippen LogP contribution in [0.4, 0.5) is 10.1 Å². The quantitative estimate of drug-likeness (QED) is 0.829. The van der Waals surface area contributed by atoms with Crippen molar-refractivity contribution in [2.45, 2.75) is 12.8 Å². The Labute approximate surface area is 116 Å². The van der Waals surface area contributed by atoms with Gasteiger partial charge in [0, 0.05) is 23.5 Å². The SMILES string of the molecule is Fc1cccc(N2CCN=C2CCc2cccs2)c1. The average Bonchev–Trinajstić information content (AvgIpc) is 3.08. The van der Waals surface area contributed by atoms with Gasteiger partial charge in [0.1, 0.15) is 11.7 Å². The molecule has 1 aromatic carbocycles. The monoisotopic (exact) mass is 274 g/mol. The molecular weight excluding hydrogens is 259 g/mol. The Morgan fingerprint density at radius 3 is 2.95 bits per heavy atom. The molecule has 2 heterocycles. The van der Waals surface area contributed by atoms with Crippen LogP contribution in [-0.2, 0) is 6.42 Å². The number of halogens is 1. The summed E-state index contributed by atoms with van der Waals surface area (Å²) in [6, 6.07) is 11.0. The van der Waals surface area contributed by atoms with Gasteiger partial charge in [-0.25, -0.2) is 4.39 Å². The summed E-state index contributed by atoms with van der Waals surface area (Å²) < 4.78 is 13.3. The van der Waals surface area contributed by atoms with E-state index in [1.54, 1.807) is 23.5 Å². The third-order valence-electron chi connectivity index (χ3n) is 3.22. The number of aliphatic imine (C=N–C) groups is 1. The van der Waals surface area contributed by atoms with E-state index in [1.165, 1.54) is 10.9 Å². The number of anilines is 1. The van der Waals surface area contributed by atoms with Crippen LogP contribution in [0.2, 0.25) is 0 Å². The van der Waals surface area contributed by atoms with Gasteiger partial charge in [0.05, 0.1) is 6.54 Å². The molecule has 0 saturated heterocycles. The summed E-state index contributed by atoms with van der Waals surface area (Å²) in [5.41, 5.74) is 0.905. The lowest BCUT2D eigenvalue weighted by atomic mass is 10.2. The van der Waals surface area contributed by atoms with Crippen LogP contribution in [0.3, 0.4) is 0 Å². The van der Waals surface area contributed by atoms with Crippen molar-refractivity contribution in [3.05, 3.63) is 52.5 Å². The van der Waals surface area contributed by atoms with Gasteiger partial charge in [-0.1, -0.05) is 12.1 Å². The molecule has 0 radical (unpaired) electrons. The Morgan fingerprint density at radius 1 is 1.21 bits per heavy atom. The van der Waals surface area contributed by atoms with Crippen molar-refractivity contribution in [3.63, 3.8) is 0 Å². The molecule has 0 saturated carbocycles. The first-order chi connectivity index (χ1) is 9.33. The molecule has 0 aliphatic carbocycles. The number of hydrogen-bond donors (Lipinski definition) is 0. The van der Waals surface area contributed by atoms with E-state index >= 15 is 0 Å². The second-order valence-electron chi connectivity index (χ2n) is 4.51. The molecule has 4 heteroatoms. The first-order valence-electron chi connectivity index (χ1n) is 6.42. The lowest BCUT2D eigenvalue weighted by Crippen LogP contribution is -2.27. The van der Waals surface area contributed by atoms with Gasteiger partial charge in [-0.15, -0.1) is 11.3 Å². The molecule has 1 aliphatic rings. The van der Waals surface area contributed by atoms with Crippen LogP contribution >= 0.6 is 11.3 Å². The lowest BCUT2D eigenvalue weighted by Gasteiger charge is -2.20. The van der Waals surface area contributed by atoms with Crippen molar-refractivity contribution in [1.82, 2.24) is 0 Å². The molecule has 98 valence electrons.